The number of rotatable bonds is 6. The highest BCUT2D eigenvalue weighted by molar-refractivity contribution is 9.09. The Bertz CT molecular complexity index is 423. The maximum atomic E-state index is 11.6. The number of alkyl halides is 1. The zero-order valence-electron chi connectivity index (χ0n) is 9.44. The van der Waals surface area contributed by atoms with Gasteiger partial charge in [0, 0.05) is 10.2 Å². The Hall–Kier alpha value is -0.940. The minimum absolute atomic E-state index is 0.216. The summed E-state index contributed by atoms with van der Waals surface area (Å²) in [6, 6.07) is 3.47. The largest absolute Gasteiger partial charge is 0.460 e. The second kappa shape index (κ2) is 7.40. The topological polar surface area (TPSA) is 43.4 Å². The molecule has 0 spiro atoms. The minimum Gasteiger partial charge on any atom is -0.460 e. The van der Waals surface area contributed by atoms with E-state index in [0.29, 0.717) is 4.88 Å². The van der Waals surface area contributed by atoms with Crippen LogP contribution in [0.15, 0.2) is 18.2 Å². The molecule has 0 saturated carbocycles. The molecule has 0 atom stereocenters. The van der Waals surface area contributed by atoms with Gasteiger partial charge in [0.15, 0.2) is 0 Å². The van der Waals surface area contributed by atoms with Crippen molar-refractivity contribution in [2.24, 2.45) is 0 Å². The lowest BCUT2D eigenvalue weighted by molar-refractivity contribution is -0.137. The van der Waals surface area contributed by atoms with Gasteiger partial charge < -0.3 is 4.74 Å². The van der Waals surface area contributed by atoms with E-state index in [1.54, 1.807) is 13.0 Å². The molecule has 0 saturated heterocycles. The summed E-state index contributed by atoms with van der Waals surface area (Å²) in [7, 11) is 0. The van der Waals surface area contributed by atoms with E-state index in [9.17, 15) is 9.59 Å². The SMILES string of the molecule is CCOC(=O)C(=O)c1ccc(C=CCCBr)s1. The molecular weight excluding hydrogens is 304 g/mol. The minimum atomic E-state index is -0.787. The molecule has 0 aromatic carbocycles. The average Bonchev–Trinajstić information content (AvgIpc) is 2.77. The summed E-state index contributed by atoms with van der Waals surface area (Å²) in [5.41, 5.74) is 0. The van der Waals surface area contributed by atoms with Crippen LogP contribution < -0.4 is 0 Å². The van der Waals surface area contributed by atoms with Crippen LogP contribution in [0, 0.1) is 0 Å². The number of ketones is 1. The first-order valence-electron chi connectivity index (χ1n) is 5.22. The van der Waals surface area contributed by atoms with E-state index in [1.807, 2.05) is 18.2 Å². The zero-order valence-corrected chi connectivity index (χ0v) is 11.8. The van der Waals surface area contributed by atoms with Gasteiger partial charge in [0.2, 0.25) is 0 Å². The van der Waals surface area contributed by atoms with Crippen LogP contribution >= 0.6 is 27.3 Å². The lowest BCUT2D eigenvalue weighted by atomic mass is 10.3. The summed E-state index contributed by atoms with van der Waals surface area (Å²) in [5, 5.41) is 0.906. The molecule has 0 aliphatic carbocycles. The second-order valence-corrected chi connectivity index (χ2v) is 5.04. The van der Waals surface area contributed by atoms with Crippen LogP contribution in [-0.2, 0) is 9.53 Å². The maximum Gasteiger partial charge on any atom is 0.380 e. The number of Topliss-reactive ketones (excluding diaryl/α,β-unsaturated/α-hetero) is 1. The highest BCUT2D eigenvalue weighted by Gasteiger charge is 2.18. The number of halogens is 1. The summed E-state index contributed by atoms with van der Waals surface area (Å²) < 4.78 is 4.66. The van der Waals surface area contributed by atoms with E-state index >= 15 is 0 Å². The molecule has 5 heteroatoms. The van der Waals surface area contributed by atoms with Crippen molar-refractivity contribution in [3.63, 3.8) is 0 Å². The van der Waals surface area contributed by atoms with Crippen LogP contribution in [-0.4, -0.2) is 23.7 Å². The van der Waals surface area contributed by atoms with Gasteiger partial charge in [-0.05, 0) is 31.6 Å². The molecule has 92 valence electrons. The first-order chi connectivity index (χ1) is 8.19. The Morgan fingerprint density at radius 2 is 2.24 bits per heavy atom. The number of hydrogen-bond donors (Lipinski definition) is 0. The first-order valence-corrected chi connectivity index (χ1v) is 7.16. The van der Waals surface area contributed by atoms with Crippen molar-refractivity contribution in [1.82, 2.24) is 0 Å². The standard InChI is InChI=1S/C12H13BrO3S/c1-2-16-12(15)11(14)10-7-6-9(17-10)5-3-4-8-13/h3,5-7H,2,4,8H2,1H3. The lowest BCUT2D eigenvalue weighted by Gasteiger charge is -1.97. The Labute approximate surface area is 113 Å². The van der Waals surface area contributed by atoms with E-state index in [-0.39, 0.29) is 6.61 Å². The predicted octanol–water partition coefficient (Wildman–Crippen LogP) is 3.29. The van der Waals surface area contributed by atoms with Gasteiger partial charge in [0.1, 0.15) is 0 Å². The van der Waals surface area contributed by atoms with Gasteiger partial charge in [0.25, 0.3) is 5.78 Å². The second-order valence-electron chi connectivity index (χ2n) is 3.13. The molecular formula is C12H13BrO3S. The summed E-state index contributed by atoms with van der Waals surface area (Å²) in [6.45, 7) is 1.89. The molecule has 0 radical (unpaired) electrons. The van der Waals surface area contributed by atoms with Crippen molar-refractivity contribution < 1.29 is 14.3 Å². The highest BCUT2D eigenvalue weighted by Crippen LogP contribution is 2.19. The Balaban J connectivity index is 2.67. The summed E-state index contributed by atoms with van der Waals surface area (Å²) in [5.74, 6) is -1.36. The molecule has 1 aromatic rings. The van der Waals surface area contributed by atoms with Gasteiger partial charge in [-0.3, -0.25) is 4.79 Å². The van der Waals surface area contributed by atoms with Gasteiger partial charge in [-0.1, -0.05) is 22.0 Å². The molecule has 0 fully saturated rings. The van der Waals surface area contributed by atoms with Gasteiger partial charge in [-0.25, -0.2) is 4.79 Å². The van der Waals surface area contributed by atoms with E-state index in [4.69, 9.17) is 0 Å². The van der Waals surface area contributed by atoms with Crippen molar-refractivity contribution in [3.05, 3.63) is 28.0 Å². The summed E-state index contributed by atoms with van der Waals surface area (Å²) in [4.78, 5) is 24.2. The van der Waals surface area contributed by atoms with Crippen LogP contribution in [0.25, 0.3) is 6.08 Å². The maximum absolute atomic E-state index is 11.6. The van der Waals surface area contributed by atoms with Crippen LogP contribution in [0.5, 0.6) is 0 Å². The normalized spacial score (nSPS) is 10.7. The number of esters is 1. The van der Waals surface area contributed by atoms with E-state index in [0.717, 1.165) is 16.6 Å². The smallest absolute Gasteiger partial charge is 0.380 e. The van der Waals surface area contributed by atoms with Crippen molar-refractivity contribution in [1.29, 1.82) is 0 Å². The molecule has 0 amide bonds. The molecule has 17 heavy (non-hydrogen) atoms. The molecule has 0 unspecified atom stereocenters. The van der Waals surface area contributed by atoms with Gasteiger partial charge >= 0.3 is 5.97 Å². The highest BCUT2D eigenvalue weighted by atomic mass is 79.9. The third-order valence-corrected chi connectivity index (χ3v) is 3.38. The van der Waals surface area contributed by atoms with Crippen LogP contribution in [0.1, 0.15) is 27.9 Å². The number of carbonyl (C=O) groups excluding carboxylic acids is 2. The third-order valence-electron chi connectivity index (χ3n) is 1.87. The van der Waals surface area contributed by atoms with E-state index in [2.05, 4.69) is 20.7 Å². The fourth-order valence-electron chi connectivity index (χ4n) is 1.12. The molecule has 0 aliphatic heterocycles. The Kier molecular flexibility index (Phi) is 6.15. The van der Waals surface area contributed by atoms with Crippen LogP contribution in [0.2, 0.25) is 0 Å². The monoisotopic (exact) mass is 316 g/mol. The zero-order chi connectivity index (χ0) is 12.7. The number of ether oxygens (including phenoxy) is 1. The summed E-state index contributed by atoms with van der Waals surface area (Å²) >= 11 is 4.62. The molecule has 0 aliphatic rings. The van der Waals surface area contributed by atoms with Gasteiger partial charge in [-0.15, -0.1) is 11.3 Å². The number of thiophene rings is 1. The van der Waals surface area contributed by atoms with Crippen molar-refractivity contribution in [2.75, 3.05) is 11.9 Å². The van der Waals surface area contributed by atoms with Crippen molar-refractivity contribution >= 4 is 45.1 Å². The quantitative estimate of drug-likeness (QED) is 0.350. The molecule has 3 nitrogen and oxygen atoms in total. The van der Waals surface area contributed by atoms with E-state index < -0.39 is 11.8 Å². The van der Waals surface area contributed by atoms with Gasteiger partial charge in [-0.2, -0.15) is 0 Å². The van der Waals surface area contributed by atoms with Crippen molar-refractivity contribution in [3.8, 4) is 0 Å². The predicted molar refractivity (Wildman–Crippen MR) is 72.7 cm³/mol. The van der Waals surface area contributed by atoms with E-state index in [1.165, 1.54) is 11.3 Å². The Morgan fingerprint density at radius 3 is 2.88 bits per heavy atom. The molecule has 1 heterocycles. The molecule has 0 N–H and O–H groups in total. The third kappa shape index (κ3) is 4.44. The van der Waals surface area contributed by atoms with Crippen LogP contribution in [0.4, 0.5) is 0 Å². The molecule has 0 bridgehead atoms. The van der Waals surface area contributed by atoms with Gasteiger partial charge in [0.05, 0.1) is 11.5 Å². The Morgan fingerprint density at radius 1 is 1.47 bits per heavy atom. The van der Waals surface area contributed by atoms with Crippen LogP contribution in [0.3, 0.4) is 0 Å². The molecule has 1 aromatic heterocycles. The number of allylic oxidation sites excluding steroid dienone is 1. The molecule has 1 rings (SSSR count). The first kappa shape index (κ1) is 14.1. The summed E-state index contributed by atoms with van der Waals surface area (Å²) in [6.07, 6.45) is 4.88. The fourth-order valence-corrected chi connectivity index (χ4v) is 2.25. The fraction of sp³-hybridized carbons (Fsp3) is 0.333. The van der Waals surface area contributed by atoms with Crippen molar-refractivity contribution in [2.45, 2.75) is 13.3 Å². The number of hydrogen-bond acceptors (Lipinski definition) is 4. The average molecular weight is 317 g/mol. The lowest BCUT2D eigenvalue weighted by Crippen LogP contribution is -2.16. The number of carbonyl (C=O) groups is 2.